The van der Waals surface area contributed by atoms with Gasteiger partial charge >= 0.3 is 5.63 Å². The Bertz CT molecular complexity index is 706. The fourth-order valence-electron chi connectivity index (χ4n) is 2.41. The summed E-state index contributed by atoms with van der Waals surface area (Å²) in [6, 6.07) is 4.72. The number of benzene rings is 1. The van der Waals surface area contributed by atoms with E-state index < -0.39 is 5.63 Å². The Morgan fingerprint density at radius 3 is 2.62 bits per heavy atom. The molecule has 0 atom stereocenters. The van der Waals surface area contributed by atoms with E-state index in [-0.39, 0.29) is 30.3 Å². The number of hydrogen-bond acceptors (Lipinski definition) is 6. The lowest BCUT2D eigenvalue weighted by atomic mass is 10.2. The van der Waals surface area contributed by atoms with Crippen molar-refractivity contribution in [1.82, 2.24) is 0 Å². The number of unbranched alkanes of at least 4 members (excludes halogenated alkanes) is 4. The number of aliphatic hydroxyl groups is 1. The van der Waals surface area contributed by atoms with Gasteiger partial charge in [0, 0.05) is 6.07 Å². The zero-order valence-electron chi connectivity index (χ0n) is 13.9. The van der Waals surface area contributed by atoms with Gasteiger partial charge in [-0.15, -0.1) is 0 Å². The van der Waals surface area contributed by atoms with Crippen LogP contribution in [0.15, 0.2) is 27.4 Å². The SMILES string of the molecule is CCCCCCCOc1c(O)c2ccc(OCCO)cc2oc1=O. The van der Waals surface area contributed by atoms with Crippen LogP contribution in [-0.2, 0) is 0 Å². The van der Waals surface area contributed by atoms with Crippen molar-refractivity contribution < 1.29 is 24.1 Å². The van der Waals surface area contributed by atoms with Gasteiger partial charge in [0.25, 0.3) is 0 Å². The van der Waals surface area contributed by atoms with Crippen molar-refractivity contribution in [1.29, 1.82) is 0 Å². The number of aromatic hydroxyl groups is 1. The van der Waals surface area contributed by atoms with Gasteiger partial charge in [-0.2, -0.15) is 0 Å². The lowest BCUT2D eigenvalue weighted by molar-refractivity contribution is 0.201. The van der Waals surface area contributed by atoms with Crippen LogP contribution in [0.2, 0.25) is 0 Å². The van der Waals surface area contributed by atoms with Gasteiger partial charge in [-0.3, -0.25) is 0 Å². The Morgan fingerprint density at radius 2 is 1.88 bits per heavy atom. The van der Waals surface area contributed by atoms with E-state index in [1.165, 1.54) is 18.9 Å². The lowest BCUT2D eigenvalue weighted by Gasteiger charge is -2.09. The standard InChI is InChI=1S/C18H24O6/c1-2-3-4-5-6-10-23-17-16(20)14-8-7-13(22-11-9-19)12-15(14)24-18(17)21/h7-8,12,19-20H,2-6,9-11H2,1H3. The molecular weight excluding hydrogens is 312 g/mol. The minimum absolute atomic E-state index is 0.113. The molecule has 0 fully saturated rings. The van der Waals surface area contributed by atoms with Crippen LogP contribution in [0.1, 0.15) is 39.0 Å². The van der Waals surface area contributed by atoms with Crippen molar-refractivity contribution in [3.05, 3.63) is 28.6 Å². The Labute approximate surface area is 140 Å². The van der Waals surface area contributed by atoms with Crippen molar-refractivity contribution in [3.8, 4) is 17.2 Å². The first-order valence-corrected chi connectivity index (χ1v) is 8.33. The number of rotatable bonds is 10. The number of fused-ring (bicyclic) bond motifs is 1. The predicted octanol–water partition coefficient (Wildman–Crippen LogP) is 3.22. The van der Waals surface area contributed by atoms with Gasteiger partial charge in [-0.05, 0) is 18.6 Å². The van der Waals surface area contributed by atoms with Crippen LogP contribution in [-0.4, -0.2) is 30.0 Å². The smallest absolute Gasteiger partial charge is 0.383 e. The summed E-state index contributed by atoms with van der Waals surface area (Å²) in [4.78, 5) is 12.0. The average Bonchev–Trinajstić information content (AvgIpc) is 2.58. The summed E-state index contributed by atoms with van der Waals surface area (Å²) < 4.78 is 15.9. The minimum atomic E-state index is -0.715. The van der Waals surface area contributed by atoms with E-state index >= 15 is 0 Å². The van der Waals surface area contributed by atoms with E-state index in [1.54, 1.807) is 12.1 Å². The van der Waals surface area contributed by atoms with Crippen molar-refractivity contribution in [3.63, 3.8) is 0 Å². The molecule has 6 heteroatoms. The highest BCUT2D eigenvalue weighted by Gasteiger charge is 2.16. The molecule has 1 aromatic carbocycles. The second-order valence-corrected chi connectivity index (χ2v) is 5.56. The first-order valence-electron chi connectivity index (χ1n) is 8.33. The van der Waals surface area contributed by atoms with Gasteiger partial charge in [-0.1, -0.05) is 32.6 Å². The minimum Gasteiger partial charge on any atom is -0.504 e. The second kappa shape index (κ2) is 9.17. The monoisotopic (exact) mass is 336 g/mol. The van der Waals surface area contributed by atoms with Crippen molar-refractivity contribution in [2.45, 2.75) is 39.0 Å². The van der Waals surface area contributed by atoms with Crippen LogP contribution in [0.3, 0.4) is 0 Å². The van der Waals surface area contributed by atoms with Crippen molar-refractivity contribution in [2.75, 3.05) is 19.8 Å². The molecule has 0 aliphatic carbocycles. The van der Waals surface area contributed by atoms with Crippen LogP contribution >= 0.6 is 0 Å². The molecule has 0 spiro atoms. The molecule has 0 saturated heterocycles. The first-order chi connectivity index (χ1) is 11.7. The van der Waals surface area contributed by atoms with Gasteiger partial charge in [0.2, 0.25) is 5.75 Å². The maximum atomic E-state index is 12.0. The van der Waals surface area contributed by atoms with Gasteiger partial charge in [0.1, 0.15) is 17.9 Å². The Morgan fingerprint density at radius 1 is 1.08 bits per heavy atom. The van der Waals surface area contributed by atoms with E-state index in [9.17, 15) is 9.90 Å². The van der Waals surface area contributed by atoms with Gasteiger partial charge in [-0.25, -0.2) is 4.79 Å². The highest BCUT2D eigenvalue weighted by molar-refractivity contribution is 5.86. The molecule has 2 rings (SSSR count). The third-order valence-corrected chi connectivity index (χ3v) is 3.67. The topological polar surface area (TPSA) is 89.1 Å². The van der Waals surface area contributed by atoms with Crippen molar-refractivity contribution >= 4 is 11.0 Å². The lowest BCUT2D eigenvalue weighted by Crippen LogP contribution is -2.09. The molecule has 132 valence electrons. The summed E-state index contributed by atoms with van der Waals surface area (Å²) in [6.45, 7) is 2.54. The van der Waals surface area contributed by atoms with E-state index in [4.69, 9.17) is 19.0 Å². The summed E-state index contributed by atoms with van der Waals surface area (Å²) in [5.74, 6) is 0.0780. The molecule has 0 saturated carbocycles. The zero-order chi connectivity index (χ0) is 17.4. The van der Waals surface area contributed by atoms with E-state index in [0.717, 1.165) is 19.3 Å². The summed E-state index contributed by atoms with van der Waals surface area (Å²) in [5.41, 5.74) is -0.504. The third kappa shape index (κ3) is 4.64. The highest BCUT2D eigenvalue weighted by Crippen LogP contribution is 2.33. The Kier molecular flexibility index (Phi) is 6.93. The third-order valence-electron chi connectivity index (χ3n) is 3.67. The highest BCUT2D eigenvalue weighted by atomic mass is 16.5. The quantitative estimate of drug-likeness (QED) is 0.511. The maximum Gasteiger partial charge on any atom is 0.383 e. The van der Waals surface area contributed by atoms with E-state index in [1.807, 2.05) is 0 Å². The predicted molar refractivity (Wildman–Crippen MR) is 91.0 cm³/mol. The molecule has 0 aliphatic rings. The summed E-state index contributed by atoms with van der Waals surface area (Å²) in [7, 11) is 0. The maximum absolute atomic E-state index is 12.0. The fourth-order valence-corrected chi connectivity index (χ4v) is 2.41. The first kappa shape index (κ1) is 18.1. The van der Waals surface area contributed by atoms with E-state index in [2.05, 4.69) is 6.92 Å². The average molecular weight is 336 g/mol. The number of aliphatic hydroxyl groups excluding tert-OH is 1. The zero-order valence-corrected chi connectivity index (χ0v) is 13.9. The van der Waals surface area contributed by atoms with Gasteiger partial charge < -0.3 is 24.1 Å². The molecule has 1 heterocycles. The van der Waals surface area contributed by atoms with Crippen LogP contribution in [0.5, 0.6) is 17.2 Å². The molecule has 0 radical (unpaired) electrons. The van der Waals surface area contributed by atoms with E-state index in [0.29, 0.717) is 17.7 Å². The summed E-state index contributed by atoms with van der Waals surface area (Å²) in [6.07, 6.45) is 5.34. The van der Waals surface area contributed by atoms with Crippen LogP contribution in [0.4, 0.5) is 0 Å². The molecule has 2 N–H and O–H groups in total. The molecular formula is C18H24O6. The Hall–Kier alpha value is -2.21. The van der Waals surface area contributed by atoms with Gasteiger partial charge in [0.05, 0.1) is 18.6 Å². The summed E-state index contributed by atoms with van der Waals surface area (Å²) >= 11 is 0. The summed E-state index contributed by atoms with van der Waals surface area (Å²) in [5, 5.41) is 19.4. The fraction of sp³-hybridized carbons (Fsp3) is 0.500. The normalized spacial score (nSPS) is 10.9. The Balaban J connectivity index is 2.10. The van der Waals surface area contributed by atoms with Crippen LogP contribution in [0, 0.1) is 0 Å². The molecule has 24 heavy (non-hydrogen) atoms. The molecule has 0 amide bonds. The molecule has 0 unspecified atom stereocenters. The molecule has 0 aliphatic heterocycles. The number of hydrogen-bond donors (Lipinski definition) is 2. The van der Waals surface area contributed by atoms with Gasteiger partial charge in [0.15, 0.2) is 5.75 Å². The molecule has 2 aromatic rings. The molecule has 0 bridgehead atoms. The van der Waals surface area contributed by atoms with Crippen LogP contribution in [0.25, 0.3) is 11.0 Å². The van der Waals surface area contributed by atoms with Crippen LogP contribution < -0.4 is 15.1 Å². The molecule has 6 nitrogen and oxygen atoms in total. The largest absolute Gasteiger partial charge is 0.504 e. The van der Waals surface area contributed by atoms with Crippen molar-refractivity contribution in [2.24, 2.45) is 0 Å². The second-order valence-electron chi connectivity index (χ2n) is 5.56. The number of ether oxygens (including phenoxy) is 2. The molecule has 1 aromatic heterocycles.